The summed E-state index contributed by atoms with van der Waals surface area (Å²) in [5.41, 5.74) is 2.75. The van der Waals surface area contributed by atoms with Crippen LogP contribution in [0.3, 0.4) is 0 Å². The lowest BCUT2D eigenvalue weighted by atomic mass is 10.1. The van der Waals surface area contributed by atoms with Crippen LogP contribution >= 0.6 is 11.6 Å². The standard InChI is InChI=1S/C36H50ClN2O2/c1-3-5-6-7-8-9-10-11-12-13-14-18-26-41-35-24-23-31(27-34(35)37)29-39(36(40)33-21-16-15-17-22-33)30-32-20-19-25-38(4-2)28-32/h15-17,19-25,27-28H,3-14,18,26,29-30H2,1-2H3/q+1. The number of aromatic nitrogens is 1. The molecular weight excluding hydrogens is 528 g/mol. The average Bonchev–Trinajstić information content (AvgIpc) is 3.00. The Morgan fingerprint density at radius 2 is 1.39 bits per heavy atom. The van der Waals surface area contributed by atoms with Gasteiger partial charge in [-0.3, -0.25) is 4.79 Å². The third kappa shape index (κ3) is 12.3. The van der Waals surface area contributed by atoms with E-state index in [1.807, 2.05) is 65.7 Å². The van der Waals surface area contributed by atoms with Crippen LogP contribution < -0.4 is 9.30 Å². The molecule has 0 aliphatic carbocycles. The van der Waals surface area contributed by atoms with Gasteiger partial charge in [-0.2, -0.15) is 0 Å². The second-order valence-electron chi connectivity index (χ2n) is 11.1. The third-order valence-electron chi connectivity index (χ3n) is 7.59. The van der Waals surface area contributed by atoms with Crippen LogP contribution in [0.1, 0.15) is 112 Å². The fourth-order valence-electron chi connectivity index (χ4n) is 5.15. The molecule has 1 heterocycles. The Labute approximate surface area is 253 Å². The summed E-state index contributed by atoms with van der Waals surface area (Å²) in [5, 5.41) is 0.595. The molecule has 2 aromatic carbocycles. The molecule has 0 unspecified atom stereocenters. The monoisotopic (exact) mass is 577 g/mol. The van der Waals surface area contributed by atoms with Crippen molar-refractivity contribution in [3.05, 3.63) is 94.8 Å². The molecule has 222 valence electrons. The fourth-order valence-corrected chi connectivity index (χ4v) is 5.41. The minimum absolute atomic E-state index is 0.000856. The summed E-state index contributed by atoms with van der Waals surface area (Å²) in [6.45, 7) is 6.93. The van der Waals surface area contributed by atoms with Gasteiger partial charge in [0.25, 0.3) is 5.91 Å². The Hall–Kier alpha value is -2.85. The fraction of sp³-hybridized carbons (Fsp3) is 0.500. The highest BCUT2D eigenvalue weighted by atomic mass is 35.5. The molecule has 5 heteroatoms. The van der Waals surface area contributed by atoms with Crippen molar-refractivity contribution in [1.29, 1.82) is 0 Å². The van der Waals surface area contributed by atoms with Crippen LogP contribution in [0.15, 0.2) is 73.1 Å². The van der Waals surface area contributed by atoms with Crippen molar-refractivity contribution in [3.8, 4) is 5.75 Å². The molecule has 3 rings (SSSR count). The first-order valence-electron chi connectivity index (χ1n) is 15.8. The quantitative estimate of drug-likeness (QED) is 0.0989. The van der Waals surface area contributed by atoms with Crippen molar-refractivity contribution >= 4 is 17.5 Å². The number of benzene rings is 2. The maximum Gasteiger partial charge on any atom is 0.254 e. The molecule has 0 bridgehead atoms. The lowest BCUT2D eigenvalue weighted by Gasteiger charge is -2.23. The van der Waals surface area contributed by atoms with Crippen molar-refractivity contribution in [1.82, 2.24) is 4.90 Å². The van der Waals surface area contributed by atoms with E-state index in [0.29, 0.717) is 36.0 Å². The van der Waals surface area contributed by atoms with Crippen LogP contribution in [0.4, 0.5) is 0 Å². The number of hydrogen-bond acceptors (Lipinski definition) is 2. The molecule has 0 saturated carbocycles. The topological polar surface area (TPSA) is 33.4 Å². The van der Waals surface area contributed by atoms with Gasteiger partial charge in [0.2, 0.25) is 0 Å². The highest BCUT2D eigenvalue weighted by Gasteiger charge is 2.18. The van der Waals surface area contributed by atoms with Gasteiger partial charge < -0.3 is 9.64 Å². The molecule has 0 N–H and O–H groups in total. The van der Waals surface area contributed by atoms with E-state index >= 15 is 0 Å². The van der Waals surface area contributed by atoms with Gasteiger partial charge in [-0.15, -0.1) is 0 Å². The van der Waals surface area contributed by atoms with E-state index in [9.17, 15) is 4.79 Å². The van der Waals surface area contributed by atoms with E-state index in [4.69, 9.17) is 16.3 Å². The van der Waals surface area contributed by atoms with Gasteiger partial charge in [0.1, 0.15) is 12.3 Å². The normalized spacial score (nSPS) is 11.0. The molecule has 0 spiro atoms. The third-order valence-corrected chi connectivity index (χ3v) is 7.89. The predicted molar refractivity (Wildman–Crippen MR) is 170 cm³/mol. The number of pyridine rings is 1. The number of aryl methyl sites for hydroxylation is 1. The van der Waals surface area contributed by atoms with Crippen molar-refractivity contribution in [2.75, 3.05) is 6.61 Å². The second kappa shape index (κ2) is 19.3. The van der Waals surface area contributed by atoms with Crippen molar-refractivity contribution in [2.45, 2.75) is 111 Å². The van der Waals surface area contributed by atoms with E-state index in [1.54, 1.807) is 0 Å². The van der Waals surface area contributed by atoms with E-state index < -0.39 is 0 Å². The number of hydrogen-bond donors (Lipinski definition) is 0. The molecule has 4 nitrogen and oxygen atoms in total. The number of rotatable bonds is 20. The van der Waals surface area contributed by atoms with E-state index in [-0.39, 0.29) is 5.91 Å². The Morgan fingerprint density at radius 1 is 0.756 bits per heavy atom. The van der Waals surface area contributed by atoms with Gasteiger partial charge in [-0.05, 0) is 49.2 Å². The number of halogens is 1. The van der Waals surface area contributed by atoms with Crippen LogP contribution in [0, 0.1) is 0 Å². The van der Waals surface area contributed by atoms with Gasteiger partial charge >= 0.3 is 0 Å². The van der Waals surface area contributed by atoms with Gasteiger partial charge in [0.15, 0.2) is 12.4 Å². The molecule has 0 atom stereocenters. The first-order valence-corrected chi connectivity index (χ1v) is 16.2. The minimum Gasteiger partial charge on any atom is -0.492 e. The number of carbonyl (C=O) groups excluding carboxylic acids is 1. The van der Waals surface area contributed by atoms with Crippen LogP contribution in [-0.4, -0.2) is 17.4 Å². The number of amides is 1. The SMILES string of the molecule is CCCCCCCCCCCCCCOc1ccc(CN(Cc2ccc[n+](CC)c2)C(=O)c2ccccc2)cc1Cl. The predicted octanol–water partition coefficient (Wildman–Crippen LogP) is 9.57. The molecule has 1 amide bonds. The van der Waals surface area contributed by atoms with E-state index in [0.717, 1.165) is 24.1 Å². The Morgan fingerprint density at radius 3 is 2.02 bits per heavy atom. The number of carbonyl (C=O) groups is 1. The maximum atomic E-state index is 13.5. The lowest BCUT2D eigenvalue weighted by molar-refractivity contribution is -0.694. The molecule has 0 saturated heterocycles. The first kappa shape index (κ1) is 32.7. The van der Waals surface area contributed by atoms with Crippen LogP contribution in [0.5, 0.6) is 5.75 Å². The average molecular weight is 578 g/mol. The van der Waals surface area contributed by atoms with E-state index in [2.05, 4.69) is 30.7 Å². The zero-order chi connectivity index (χ0) is 29.1. The van der Waals surface area contributed by atoms with Crippen molar-refractivity contribution < 1.29 is 14.1 Å². The molecule has 3 aromatic rings. The summed E-state index contributed by atoms with van der Waals surface area (Å²) in [5.74, 6) is 0.715. The molecule has 41 heavy (non-hydrogen) atoms. The Balaban J connectivity index is 1.45. The van der Waals surface area contributed by atoms with Crippen LogP contribution in [0.25, 0.3) is 0 Å². The van der Waals surface area contributed by atoms with Crippen molar-refractivity contribution in [2.24, 2.45) is 0 Å². The molecule has 0 radical (unpaired) electrons. The largest absolute Gasteiger partial charge is 0.492 e. The summed E-state index contributed by atoms with van der Waals surface area (Å²) in [4.78, 5) is 15.3. The minimum atomic E-state index is 0.000856. The summed E-state index contributed by atoms with van der Waals surface area (Å²) in [6.07, 6.45) is 20.0. The molecule has 0 fully saturated rings. The number of unbranched alkanes of at least 4 members (excludes halogenated alkanes) is 11. The zero-order valence-corrected chi connectivity index (χ0v) is 26.1. The summed E-state index contributed by atoms with van der Waals surface area (Å²) >= 11 is 6.63. The highest BCUT2D eigenvalue weighted by molar-refractivity contribution is 6.32. The van der Waals surface area contributed by atoms with Crippen LogP contribution in [0.2, 0.25) is 5.02 Å². The van der Waals surface area contributed by atoms with Gasteiger partial charge in [0, 0.05) is 23.7 Å². The summed E-state index contributed by atoms with van der Waals surface area (Å²) in [6, 6.07) is 19.5. The Kier molecular flexibility index (Phi) is 15.4. The number of nitrogens with zero attached hydrogens (tertiary/aromatic N) is 2. The smallest absolute Gasteiger partial charge is 0.254 e. The summed E-state index contributed by atoms with van der Waals surface area (Å²) in [7, 11) is 0. The zero-order valence-electron chi connectivity index (χ0n) is 25.3. The first-order chi connectivity index (χ1) is 20.1. The second-order valence-corrected chi connectivity index (χ2v) is 11.5. The lowest BCUT2D eigenvalue weighted by Crippen LogP contribution is -2.34. The van der Waals surface area contributed by atoms with Gasteiger partial charge in [-0.25, -0.2) is 4.57 Å². The highest BCUT2D eigenvalue weighted by Crippen LogP contribution is 2.27. The Bertz CT molecular complexity index is 1150. The molecule has 0 aliphatic heterocycles. The van der Waals surface area contributed by atoms with Gasteiger partial charge in [0.05, 0.1) is 18.2 Å². The van der Waals surface area contributed by atoms with Crippen LogP contribution in [-0.2, 0) is 19.6 Å². The van der Waals surface area contributed by atoms with Crippen molar-refractivity contribution in [3.63, 3.8) is 0 Å². The van der Waals surface area contributed by atoms with E-state index in [1.165, 1.54) is 70.6 Å². The molecular formula is C36H50ClN2O2+. The van der Waals surface area contributed by atoms with Gasteiger partial charge in [-0.1, -0.05) is 113 Å². The summed E-state index contributed by atoms with van der Waals surface area (Å²) < 4.78 is 8.14. The maximum absolute atomic E-state index is 13.5. The number of ether oxygens (including phenoxy) is 1. The molecule has 1 aromatic heterocycles. The molecule has 0 aliphatic rings.